The second kappa shape index (κ2) is 7.34. The molecule has 1 aliphatic rings. The Labute approximate surface area is 107 Å². The summed E-state index contributed by atoms with van der Waals surface area (Å²) < 4.78 is 5.52. The highest BCUT2D eigenvalue weighted by atomic mass is 16.5. The fourth-order valence-corrected chi connectivity index (χ4v) is 2.50. The van der Waals surface area contributed by atoms with E-state index in [1.807, 2.05) is 0 Å². The van der Waals surface area contributed by atoms with E-state index < -0.39 is 0 Å². The fraction of sp³-hybridized carbons (Fsp3) is 1.00. The molecule has 3 atom stereocenters. The summed E-state index contributed by atoms with van der Waals surface area (Å²) in [5, 5.41) is 3.63. The van der Waals surface area contributed by atoms with Gasteiger partial charge >= 0.3 is 0 Å². The zero-order valence-corrected chi connectivity index (χ0v) is 12.2. The van der Waals surface area contributed by atoms with Gasteiger partial charge in [-0.2, -0.15) is 0 Å². The van der Waals surface area contributed by atoms with Gasteiger partial charge in [0.1, 0.15) is 0 Å². The number of hydrogen-bond donors (Lipinski definition) is 1. The van der Waals surface area contributed by atoms with E-state index in [9.17, 15) is 0 Å². The fourth-order valence-electron chi connectivity index (χ4n) is 2.50. The molecule has 0 spiro atoms. The highest BCUT2D eigenvalue weighted by Crippen LogP contribution is 2.19. The number of ether oxygens (including phenoxy) is 1. The van der Waals surface area contributed by atoms with Gasteiger partial charge in [-0.3, -0.25) is 0 Å². The van der Waals surface area contributed by atoms with Crippen LogP contribution in [0.3, 0.4) is 0 Å². The van der Waals surface area contributed by atoms with Crippen molar-refractivity contribution in [2.75, 3.05) is 33.4 Å². The summed E-state index contributed by atoms with van der Waals surface area (Å²) in [5.41, 5.74) is 0. The van der Waals surface area contributed by atoms with Crippen LogP contribution in [-0.2, 0) is 4.74 Å². The molecule has 1 aliphatic heterocycles. The number of nitrogens with one attached hydrogen (secondary N) is 1. The Morgan fingerprint density at radius 1 is 1.35 bits per heavy atom. The van der Waals surface area contributed by atoms with Gasteiger partial charge in [0.2, 0.25) is 0 Å². The molecule has 1 N–H and O–H groups in total. The summed E-state index contributed by atoms with van der Waals surface area (Å²) in [5.74, 6) is 1.40. The Bertz CT molecular complexity index is 202. The van der Waals surface area contributed by atoms with Crippen molar-refractivity contribution in [1.82, 2.24) is 10.2 Å². The van der Waals surface area contributed by atoms with Crippen molar-refractivity contribution in [1.29, 1.82) is 0 Å². The van der Waals surface area contributed by atoms with Crippen LogP contribution in [0, 0.1) is 11.8 Å². The lowest BCUT2D eigenvalue weighted by Crippen LogP contribution is -2.48. The van der Waals surface area contributed by atoms with Crippen LogP contribution in [0.1, 0.15) is 34.1 Å². The van der Waals surface area contributed by atoms with Crippen molar-refractivity contribution >= 4 is 0 Å². The molecule has 17 heavy (non-hydrogen) atoms. The summed E-state index contributed by atoms with van der Waals surface area (Å²) in [4.78, 5) is 2.48. The number of hydrogen-bond acceptors (Lipinski definition) is 3. The summed E-state index contributed by atoms with van der Waals surface area (Å²) in [6, 6.07) is 1.21. The average molecular weight is 242 g/mol. The second-order valence-electron chi connectivity index (χ2n) is 5.71. The minimum atomic E-state index is 0.578. The van der Waals surface area contributed by atoms with E-state index in [1.165, 1.54) is 6.42 Å². The minimum Gasteiger partial charge on any atom is -0.381 e. The lowest BCUT2D eigenvalue weighted by molar-refractivity contribution is 0.146. The van der Waals surface area contributed by atoms with Crippen LogP contribution in [0.15, 0.2) is 0 Å². The number of rotatable bonds is 7. The Balaban J connectivity index is 2.47. The van der Waals surface area contributed by atoms with Gasteiger partial charge in [-0.1, -0.05) is 20.8 Å². The number of likely N-dealkylation sites (N-methyl/N-ethyl adjacent to an activating group) is 2. The van der Waals surface area contributed by atoms with Crippen LogP contribution in [-0.4, -0.2) is 50.3 Å². The highest BCUT2D eigenvalue weighted by molar-refractivity contribution is 4.83. The first-order chi connectivity index (χ1) is 8.06. The van der Waals surface area contributed by atoms with E-state index in [4.69, 9.17) is 4.74 Å². The lowest BCUT2D eigenvalue weighted by Gasteiger charge is -2.33. The van der Waals surface area contributed by atoms with Gasteiger partial charge in [-0.15, -0.1) is 0 Å². The van der Waals surface area contributed by atoms with E-state index in [0.29, 0.717) is 23.9 Å². The Hall–Kier alpha value is -0.120. The first-order valence-corrected chi connectivity index (χ1v) is 7.07. The van der Waals surface area contributed by atoms with Gasteiger partial charge in [-0.25, -0.2) is 0 Å². The maximum absolute atomic E-state index is 5.52. The summed E-state index contributed by atoms with van der Waals surface area (Å²) in [6.45, 7) is 13.1. The molecule has 1 heterocycles. The molecule has 1 rings (SSSR count). The maximum atomic E-state index is 5.52. The van der Waals surface area contributed by atoms with Crippen molar-refractivity contribution in [2.45, 2.75) is 46.2 Å². The minimum absolute atomic E-state index is 0.578. The largest absolute Gasteiger partial charge is 0.381 e. The van der Waals surface area contributed by atoms with Crippen LogP contribution in [0.25, 0.3) is 0 Å². The maximum Gasteiger partial charge on any atom is 0.0510 e. The highest BCUT2D eigenvalue weighted by Gasteiger charge is 2.27. The van der Waals surface area contributed by atoms with Crippen LogP contribution in [0.5, 0.6) is 0 Å². The quantitative estimate of drug-likeness (QED) is 0.739. The third-order valence-electron chi connectivity index (χ3n) is 4.14. The topological polar surface area (TPSA) is 24.5 Å². The predicted molar refractivity (Wildman–Crippen MR) is 73.3 cm³/mol. The van der Waals surface area contributed by atoms with Gasteiger partial charge in [0.05, 0.1) is 6.61 Å². The molecule has 3 nitrogen and oxygen atoms in total. The first kappa shape index (κ1) is 14.9. The Morgan fingerprint density at radius 3 is 2.53 bits per heavy atom. The van der Waals surface area contributed by atoms with Crippen molar-refractivity contribution in [3.63, 3.8) is 0 Å². The molecule has 0 aromatic carbocycles. The molecule has 1 fully saturated rings. The molecule has 3 heteroatoms. The van der Waals surface area contributed by atoms with Gasteiger partial charge in [0.15, 0.2) is 0 Å². The van der Waals surface area contributed by atoms with Crippen LogP contribution in [0.4, 0.5) is 0 Å². The smallest absolute Gasteiger partial charge is 0.0510 e. The standard InChI is InChI=1S/C14H30N2O/c1-6-15-14(13-7-8-17-10-13)9-16(5)12(4)11(2)3/h11-15H,6-10H2,1-5H3. The van der Waals surface area contributed by atoms with E-state index in [0.717, 1.165) is 26.3 Å². The molecule has 0 radical (unpaired) electrons. The third-order valence-corrected chi connectivity index (χ3v) is 4.14. The molecule has 0 aliphatic carbocycles. The molecule has 0 saturated carbocycles. The normalized spacial score (nSPS) is 24.5. The van der Waals surface area contributed by atoms with Crippen LogP contribution >= 0.6 is 0 Å². The zero-order valence-electron chi connectivity index (χ0n) is 12.2. The molecule has 0 bridgehead atoms. The number of nitrogens with zero attached hydrogens (tertiary/aromatic N) is 1. The molecule has 3 unspecified atom stereocenters. The van der Waals surface area contributed by atoms with Crippen molar-refractivity contribution in [3.05, 3.63) is 0 Å². The molecule has 0 aromatic rings. The van der Waals surface area contributed by atoms with Gasteiger partial charge < -0.3 is 15.0 Å². The molecular weight excluding hydrogens is 212 g/mol. The summed E-state index contributed by atoms with van der Waals surface area (Å²) in [6.07, 6.45) is 1.21. The van der Waals surface area contributed by atoms with Gasteiger partial charge in [0, 0.05) is 31.2 Å². The van der Waals surface area contributed by atoms with Crippen molar-refractivity contribution < 1.29 is 4.74 Å². The van der Waals surface area contributed by atoms with E-state index in [-0.39, 0.29) is 0 Å². The zero-order chi connectivity index (χ0) is 12.8. The average Bonchev–Trinajstić information content (AvgIpc) is 2.80. The summed E-state index contributed by atoms with van der Waals surface area (Å²) >= 11 is 0. The van der Waals surface area contributed by atoms with Crippen LogP contribution < -0.4 is 5.32 Å². The van der Waals surface area contributed by atoms with Gasteiger partial charge in [-0.05, 0) is 32.9 Å². The molecular formula is C14H30N2O. The third kappa shape index (κ3) is 4.57. The van der Waals surface area contributed by atoms with E-state index >= 15 is 0 Å². The molecule has 102 valence electrons. The van der Waals surface area contributed by atoms with Crippen molar-refractivity contribution in [2.24, 2.45) is 11.8 Å². The summed E-state index contributed by atoms with van der Waals surface area (Å²) in [7, 11) is 2.24. The van der Waals surface area contributed by atoms with E-state index in [2.05, 4.69) is 45.0 Å². The predicted octanol–water partition coefficient (Wildman–Crippen LogP) is 1.98. The van der Waals surface area contributed by atoms with E-state index in [1.54, 1.807) is 0 Å². The Morgan fingerprint density at radius 2 is 2.06 bits per heavy atom. The Kier molecular flexibility index (Phi) is 6.45. The monoisotopic (exact) mass is 242 g/mol. The van der Waals surface area contributed by atoms with Crippen molar-refractivity contribution in [3.8, 4) is 0 Å². The molecule has 0 amide bonds. The molecule has 0 aromatic heterocycles. The first-order valence-electron chi connectivity index (χ1n) is 7.07. The molecule has 1 saturated heterocycles. The van der Waals surface area contributed by atoms with Crippen LogP contribution in [0.2, 0.25) is 0 Å². The lowest BCUT2D eigenvalue weighted by atomic mass is 9.97. The SMILES string of the molecule is CCNC(CN(C)C(C)C(C)C)C1CCOC1. The second-order valence-corrected chi connectivity index (χ2v) is 5.71. The van der Waals surface area contributed by atoms with Gasteiger partial charge in [0.25, 0.3) is 0 Å².